The van der Waals surface area contributed by atoms with E-state index >= 15 is 0 Å². The number of alkyl carbamates (subject to hydrolysis) is 1. The molecule has 226 valence electrons. The first-order chi connectivity index (χ1) is 20.4. The maximum Gasteiger partial charge on any atom is 0.408 e. The minimum absolute atomic E-state index is 0.181. The van der Waals surface area contributed by atoms with Crippen molar-refractivity contribution in [1.82, 2.24) is 24.5 Å². The highest BCUT2D eigenvalue weighted by Gasteiger charge is 2.33. The van der Waals surface area contributed by atoms with Gasteiger partial charge in [0.25, 0.3) is 5.56 Å². The van der Waals surface area contributed by atoms with Crippen LogP contribution in [0.1, 0.15) is 41.0 Å². The second kappa shape index (κ2) is 12.1. The van der Waals surface area contributed by atoms with Gasteiger partial charge in [0.05, 0.1) is 18.4 Å². The van der Waals surface area contributed by atoms with Gasteiger partial charge in [-0.15, -0.1) is 0 Å². The number of aromatic nitrogens is 4. The number of benzene rings is 1. The Labute approximate surface area is 254 Å². The van der Waals surface area contributed by atoms with Gasteiger partial charge in [-0.2, -0.15) is 5.10 Å². The van der Waals surface area contributed by atoms with E-state index in [1.54, 1.807) is 55.9 Å². The smallest absolute Gasteiger partial charge is 0.408 e. The summed E-state index contributed by atoms with van der Waals surface area (Å²) in [4.78, 5) is 45.1. The van der Waals surface area contributed by atoms with Crippen LogP contribution < -0.4 is 15.8 Å². The zero-order valence-corrected chi connectivity index (χ0v) is 25.5. The van der Waals surface area contributed by atoms with Crippen molar-refractivity contribution in [3.8, 4) is 16.8 Å². The van der Waals surface area contributed by atoms with E-state index in [-0.39, 0.29) is 17.6 Å². The van der Waals surface area contributed by atoms with Crippen LogP contribution in [-0.2, 0) is 14.3 Å². The molecule has 0 saturated carbocycles. The van der Waals surface area contributed by atoms with Crippen molar-refractivity contribution >= 4 is 35.0 Å². The zero-order valence-electron chi connectivity index (χ0n) is 24.8. The standard InChI is InChI=1S/C31H35ClN6O5/c1-19(2)27(35-30(41)43-31(3,4)5)29(40)42-24-12-13-36(17-24)26-11-10-23(15-33-26)37-18-34-38-16-21(14-25(38)28(37)39)20-6-8-22(32)9-7-20/h6-11,14-16,18-19,24,27H,12-13,17H2,1-5H3,(H,35,41). The largest absolute Gasteiger partial charge is 0.459 e. The molecule has 1 fully saturated rings. The molecule has 1 saturated heterocycles. The highest BCUT2D eigenvalue weighted by molar-refractivity contribution is 6.30. The Hall–Kier alpha value is -4.38. The van der Waals surface area contributed by atoms with E-state index in [0.29, 0.717) is 41.6 Å². The topological polar surface area (TPSA) is 120 Å². The molecule has 12 heteroatoms. The van der Waals surface area contributed by atoms with E-state index in [2.05, 4.69) is 15.4 Å². The fourth-order valence-corrected chi connectivity index (χ4v) is 5.01. The Morgan fingerprint density at radius 2 is 1.84 bits per heavy atom. The molecule has 1 aliphatic heterocycles. The number of amides is 1. The fraction of sp³-hybridized carbons (Fsp3) is 0.387. The third-order valence-corrected chi connectivity index (χ3v) is 7.31. The van der Waals surface area contributed by atoms with Crippen molar-refractivity contribution in [2.24, 2.45) is 5.92 Å². The highest BCUT2D eigenvalue weighted by atomic mass is 35.5. The number of hydrogen-bond donors (Lipinski definition) is 1. The monoisotopic (exact) mass is 606 g/mol. The summed E-state index contributed by atoms with van der Waals surface area (Å²) in [5.41, 5.74) is 1.90. The number of fused-ring (bicyclic) bond motifs is 1. The number of rotatable bonds is 7. The van der Waals surface area contributed by atoms with Gasteiger partial charge in [0.2, 0.25) is 0 Å². The molecule has 1 N–H and O–H groups in total. The lowest BCUT2D eigenvalue weighted by Gasteiger charge is -2.25. The van der Waals surface area contributed by atoms with E-state index in [1.165, 1.54) is 10.9 Å². The van der Waals surface area contributed by atoms with Crippen molar-refractivity contribution in [3.05, 3.63) is 76.6 Å². The maximum absolute atomic E-state index is 13.3. The lowest BCUT2D eigenvalue weighted by molar-refractivity contribution is -0.151. The summed E-state index contributed by atoms with van der Waals surface area (Å²) in [6.07, 6.45) is 4.51. The van der Waals surface area contributed by atoms with Crippen LogP contribution in [0.4, 0.5) is 10.6 Å². The number of anilines is 1. The Balaban J connectivity index is 1.24. The van der Waals surface area contributed by atoms with E-state index in [1.807, 2.05) is 43.0 Å². The predicted molar refractivity (Wildman–Crippen MR) is 164 cm³/mol. The number of nitrogens with one attached hydrogen (secondary N) is 1. The van der Waals surface area contributed by atoms with Crippen molar-refractivity contribution in [3.63, 3.8) is 0 Å². The minimum atomic E-state index is -0.826. The molecule has 1 amide bonds. The number of esters is 1. The van der Waals surface area contributed by atoms with E-state index in [4.69, 9.17) is 21.1 Å². The number of halogens is 1. The van der Waals surface area contributed by atoms with Crippen molar-refractivity contribution in [2.75, 3.05) is 18.0 Å². The van der Waals surface area contributed by atoms with Crippen LogP contribution in [0.5, 0.6) is 0 Å². The van der Waals surface area contributed by atoms with E-state index in [9.17, 15) is 14.4 Å². The van der Waals surface area contributed by atoms with Crippen LogP contribution in [0.25, 0.3) is 22.3 Å². The lowest BCUT2D eigenvalue weighted by atomic mass is 10.0. The van der Waals surface area contributed by atoms with Crippen LogP contribution in [-0.4, -0.2) is 62.1 Å². The molecule has 0 aliphatic carbocycles. The SMILES string of the molecule is CC(C)C(NC(=O)OC(C)(C)C)C(=O)OC1CCN(c2ccc(-n3cnn4cc(-c5ccc(Cl)cc5)cc4c3=O)cn2)C1. The van der Waals surface area contributed by atoms with Gasteiger partial charge in [-0.3, -0.25) is 9.36 Å². The lowest BCUT2D eigenvalue weighted by Crippen LogP contribution is -2.48. The maximum atomic E-state index is 13.3. The Bertz CT molecular complexity index is 1670. The molecule has 43 heavy (non-hydrogen) atoms. The third kappa shape index (κ3) is 6.99. The molecule has 11 nitrogen and oxygen atoms in total. The van der Waals surface area contributed by atoms with Gasteiger partial charge in [-0.25, -0.2) is 19.1 Å². The van der Waals surface area contributed by atoms with Gasteiger partial charge in [-0.05, 0) is 62.6 Å². The predicted octanol–water partition coefficient (Wildman–Crippen LogP) is 4.87. The fourth-order valence-electron chi connectivity index (χ4n) is 4.88. The number of ether oxygens (including phenoxy) is 2. The van der Waals surface area contributed by atoms with Crippen molar-refractivity contribution in [2.45, 2.75) is 58.8 Å². The van der Waals surface area contributed by atoms with Crippen LogP contribution in [0.15, 0.2) is 66.0 Å². The first-order valence-corrected chi connectivity index (χ1v) is 14.5. The van der Waals surface area contributed by atoms with Gasteiger partial charge in [0.15, 0.2) is 0 Å². The van der Waals surface area contributed by atoms with Crippen LogP contribution in [0.2, 0.25) is 5.02 Å². The first kappa shape index (κ1) is 30.1. The summed E-state index contributed by atoms with van der Waals surface area (Å²) in [6.45, 7) is 10.1. The average molecular weight is 607 g/mol. The van der Waals surface area contributed by atoms with Crippen LogP contribution in [0, 0.1) is 5.92 Å². The number of carbonyl (C=O) groups excluding carboxylic acids is 2. The van der Waals surface area contributed by atoms with Gasteiger partial charge in [0.1, 0.15) is 35.4 Å². The first-order valence-electron chi connectivity index (χ1n) is 14.2. The molecule has 0 spiro atoms. The second-order valence-corrected chi connectivity index (χ2v) is 12.3. The summed E-state index contributed by atoms with van der Waals surface area (Å²) in [6, 6.07) is 12.0. The van der Waals surface area contributed by atoms with Gasteiger partial charge >= 0.3 is 12.1 Å². The molecule has 4 aromatic rings. The third-order valence-electron chi connectivity index (χ3n) is 7.06. The number of hydrogen-bond acceptors (Lipinski definition) is 8. The molecule has 2 unspecified atom stereocenters. The molecule has 2 atom stereocenters. The summed E-state index contributed by atoms with van der Waals surface area (Å²) < 4.78 is 14.1. The van der Waals surface area contributed by atoms with Gasteiger partial charge in [0, 0.05) is 29.7 Å². The Morgan fingerprint density at radius 3 is 2.49 bits per heavy atom. The van der Waals surface area contributed by atoms with E-state index in [0.717, 1.165) is 11.1 Å². The molecule has 1 aromatic carbocycles. The number of nitrogens with zero attached hydrogens (tertiary/aromatic N) is 5. The molecule has 4 heterocycles. The quantitative estimate of drug-likeness (QED) is 0.296. The Morgan fingerprint density at radius 1 is 1.09 bits per heavy atom. The zero-order chi connectivity index (χ0) is 30.9. The van der Waals surface area contributed by atoms with Crippen molar-refractivity contribution < 1.29 is 19.1 Å². The van der Waals surface area contributed by atoms with E-state index < -0.39 is 23.7 Å². The molecule has 1 aliphatic rings. The second-order valence-electron chi connectivity index (χ2n) is 11.9. The summed E-state index contributed by atoms with van der Waals surface area (Å²) in [5, 5.41) is 7.69. The molecular weight excluding hydrogens is 572 g/mol. The van der Waals surface area contributed by atoms with Crippen LogP contribution >= 0.6 is 11.6 Å². The molecule has 5 rings (SSSR count). The van der Waals surface area contributed by atoms with Crippen LogP contribution in [0.3, 0.4) is 0 Å². The molecule has 0 radical (unpaired) electrons. The number of pyridine rings is 1. The molecular formula is C31H35ClN6O5. The number of carbonyl (C=O) groups is 2. The summed E-state index contributed by atoms with van der Waals surface area (Å²) in [7, 11) is 0. The van der Waals surface area contributed by atoms with Gasteiger partial charge < -0.3 is 19.7 Å². The highest BCUT2D eigenvalue weighted by Crippen LogP contribution is 2.24. The molecule has 3 aromatic heterocycles. The summed E-state index contributed by atoms with van der Waals surface area (Å²) in [5.74, 6) is 0.0203. The normalized spacial score (nSPS) is 16.0. The van der Waals surface area contributed by atoms with Crippen molar-refractivity contribution in [1.29, 1.82) is 0 Å². The average Bonchev–Trinajstić information content (AvgIpc) is 3.59. The molecule has 0 bridgehead atoms. The minimum Gasteiger partial charge on any atom is -0.459 e. The Kier molecular flexibility index (Phi) is 8.45. The summed E-state index contributed by atoms with van der Waals surface area (Å²) >= 11 is 6.01. The van der Waals surface area contributed by atoms with Gasteiger partial charge in [-0.1, -0.05) is 37.6 Å².